The Bertz CT molecular complexity index is 473. The lowest BCUT2D eigenvalue weighted by atomic mass is 10.1. The van der Waals surface area contributed by atoms with Crippen LogP contribution < -0.4 is 5.73 Å². The number of hydrogen-bond donors (Lipinski definition) is 2. The number of hydrogen-bond acceptors (Lipinski definition) is 4. The number of aliphatic hydroxyl groups excluding tert-OH is 1. The smallest absolute Gasteiger partial charge is 0.253 e. The summed E-state index contributed by atoms with van der Waals surface area (Å²) in [6, 6.07) is 7.76. The monoisotopic (exact) mass is 291 g/mol. The van der Waals surface area contributed by atoms with E-state index in [0.29, 0.717) is 31.7 Å². The molecule has 0 aliphatic carbocycles. The minimum atomic E-state index is -0.335. The minimum Gasteiger partial charge on any atom is -0.392 e. The quantitative estimate of drug-likeness (QED) is 0.855. The molecule has 1 aliphatic rings. The van der Waals surface area contributed by atoms with Crippen molar-refractivity contribution in [2.75, 3.05) is 26.2 Å². The van der Waals surface area contributed by atoms with Gasteiger partial charge in [-0.15, -0.1) is 0 Å². The highest BCUT2D eigenvalue weighted by atomic mass is 16.3. The molecular formula is C16H25N3O2. The third kappa shape index (κ3) is 4.03. The van der Waals surface area contributed by atoms with Crippen molar-refractivity contribution in [3.63, 3.8) is 0 Å². The number of nitrogens with two attached hydrogens (primary N) is 1. The molecule has 0 saturated carbocycles. The van der Waals surface area contributed by atoms with Crippen LogP contribution in [0.1, 0.15) is 29.8 Å². The van der Waals surface area contributed by atoms with Crippen molar-refractivity contribution >= 4 is 5.91 Å². The lowest BCUT2D eigenvalue weighted by molar-refractivity contribution is 0.0365. The summed E-state index contributed by atoms with van der Waals surface area (Å²) < 4.78 is 0. The number of rotatable bonds is 4. The Kier molecular flexibility index (Phi) is 5.33. The van der Waals surface area contributed by atoms with Crippen molar-refractivity contribution in [1.82, 2.24) is 9.80 Å². The lowest BCUT2D eigenvalue weighted by Gasteiger charge is -2.40. The lowest BCUT2D eigenvalue weighted by Crippen LogP contribution is -2.54. The molecule has 1 aromatic rings. The van der Waals surface area contributed by atoms with E-state index in [1.54, 1.807) is 6.92 Å². The highest BCUT2D eigenvalue weighted by Gasteiger charge is 2.27. The maximum atomic E-state index is 12.5. The van der Waals surface area contributed by atoms with Crippen molar-refractivity contribution in [2.24, 2.45) is 5.73 Å². The van der Waals surface area contributed by atoms with Crippen LogP contribution in [0.2, 0.25) is 0 Å². The van der Waals surface area contributed by atoms with Gasteiger partial charge in [0.1, 0.15) is 0 Å². The zero-order valence-corrected chi connectivity index (χ0v) is 12.8. The second-order valence-electron chi connectivity index (χ2n) is 5.85. The molecule has 2 atom stereocenters. The SMILES string of the molecule is CC(O)CN1CCN(C(=O)c2ccc(CN)cc2)CC1C. The van der Waals surface area contributed by atoms with Gasteiger partial charge < -0.3 is 15.7 Å². The summed E-state index contributed by atoms with van der Waals surface area (Å²) in [6.07, 6.45) is -0.335. The molecule has 2 unspecified atom stereocenters. The van der Waals surface area contributed by atoms with Crippen molar-refractivity contribution in [3.8, 4) is 0 Å². The van der Waals surface area contributed by atoms with E-state index in [2.05, 4.69) is 11.8 Å². The normalized spacial score (nSPS) is 21.3. The summed E-state index contributed by atoms with van der Waals surface area (Å²) >= 11 is 0. The first-order chi connectivity index (χ1) is 10.0. The van der Waals surface area contributed by atoms with Crippen LogP contribution in [0.25, 0.3) is 0 Å². The molecule has 1 heterocycles. The van der Waals surface area contributed by atoms with Gasteiger partial charge in [0.15, 0.2) is 0 Å². The van der Waals surface area contributed by atoms with E-state index in [9.17, 15) is 9.90 Å². The van der Waals surface area contributed by atoms with E-state index in [1.165, 1.54) is 0 Å². The summed E-state index contributed by atoms with van der Waals surface area (Å²) in [7, 11) is 0. The van der Waals surface area contributed by atoms with Crippen molar-refractivity contribution < 1.29 is 9.90 Å². The second-order valence-corrected chi connectivity index (χ2v) is 5.85. The molecule has 1 amide bonds. The first kappa shape index (κ1) is 15.9. The topological polar surface area (TPSA) is 69.8 Å². The van der Waals surface area contributed by atoms with Gasteiger partial charge in [0.25, 0.3) is 5.91 Å². The molecule has 5 nitrogen and oxygen atoms in total. The first-order valence-electron chi connectivity index (χ1n) is 7.51. The van der Waals surface area contributed by atoms with Crippen LogP contribution in [-0.2, 0) is 6.54 Å². The average Bonchev–Trinajstić information content (AvgIpc) is 2.48. The summed E-state index contributed by atoms with van der Waals surface area (Å²) in [6.45, 7) is 7.25. The predicted molar refractivity (Wildman–Crippen MR) is 83.0 cm³/mol. The largest absolute Gasteiger partial charge is 0.392 e. The molecule has 0 spiro atoms. The maximum Gasteiger partial charge on any atom is 0.253 e. The highest BCUT2D eigenvalue weighted by molar-refractivity contribution is 5.94. The highest BCUT2D eigenvalue weighted by Crippen LogP contribution is 2.14. The molecule has 21 heavy (non-hydrogen) atoms. The Hall–Kier alpha value is -1.43. The van der Waals surface area contributed by atoms with Crippen molar-refractivity contribution in [1.29, 1.82) is 0 Å². The van der Waals surface area contributed by atoms with E-state index in [-0.39, 0.29) is 18.1 Å². The number of carbonyl (C=O) groups excluding carboxylic acids is 1. The summed E-state index contributed by atoms with van der Waals surface area (Å²) in [5, 5.41) is 9.49. The molecule has 1 fully saturated rings. The fraction of sp³-hybridized carbons (Fsp3) is 0.562. The van der Waals surface area contributed by atoms with E-state index >= 15 is 0 Å². The van der Waals surface area contributed by atoms with Crippen LogP contribution in [-0.4, -0.2) is 59.1 Å². The van der Waals surface area contributed by atoms with Gasteiger partial charge in [0.2, 0.25) is 0 Å². The van der Waals surface area contributed by atoms with Gasteiger partial charge in [-0.05, 0) is 31.5 Å². The van der Waals surface area contributed by atoms with Gasteiger partial charge in [0.05, 0.1) is 6.10 Å². The standard InChI is InChI=1S/C16H25N3O2/c1-12-10-19(8-7-18(12)11-13(2)20)16(21)15-5-3-14(9-17)4-6-15/h3-6,12-13,20H,7-11,17H2,1-2H3. The predicted octanol–water partition coefficient (Wildman–Crippen LogP) is 0.672. The molecule has 1 saturated heterocycles. The van der Waals surface area contributed by atoms with Gasteiger partial charge in [-0.2, -0.15) is 0 Å². The molecule has 116 valence electrons. The molecule has 2 rings (SSSR count). The Morgan fingerprint density at radius 3 is 2.57 bits per heavy atom. The molecule has 0 aromatic heterocycles. The van der Waals surface area contributed by atoms with Crippen LogP contribution in [0, 0.1) is 0 Å². The molecule has 1 aromatic carbocycles. The Morgan fingerprint density at radius 1 is 1.38 bits per heavy atom. The number of aliphatic hydroxyl groups is 1. The number of nitrogens with zero attached hydrogens (tertiary/aromatic N) is 2. The van der Waals surface area contributed by atoms with Gasteiger partial charge in [-0.3, -0.25) is 9.69 Å². The Balaban J connectivity index is 1.98. The average molecular weight is 291 g/mol. The maximum absolute atomic E-state index is 12.5. The number of piperazine rings is 1. The molecular weight excluding hydrogens is 266 g/mol. The Morgan fingerprint density at radius 2 is 2.05 bits per heavy atom. The van der Waals surface area contributed by atoms with E-state index < -0.39 is 0 Å². The third-order valence-corrected chi connectivity index (χ3v) is 3.99. The van der Waals surface area contributed by atoms with Gasteiger partial charge in [-0.25, -0.2) is 0 Å². The Labute approximate surface area is 126 Å². The van der Waals surface area contributed by atoms with E-state index in [4.69, 9.17) is 5.73 Å². The summed E-state index contributed by atoms with van der Waals surface area (Å²) in [5.41, 5.74) is 7.31. The first-order valence-corrected chi connectivity index (χ1v) is 7.51. The van der Waals surface area contributed by atoms with Crippen LogP contribution in [0.5, 0.6) is 0 Å². The zero-order chi connectivity index (χ0) is 15.4. The molecule has 5 heteroatoms. The zero-order valence-electron chi connectivity index (χ0n) is 12.8. The fourth-order valence-corrected chi connectivity index (χ4v) is 2.76. The van der Waals surface area contributed by atoms with Crippen molar-refractivity contribution in [3.05, 3.63) is 35.4 Å². The van der Waals surface area contributed by atoms with Gasteiger partial charge in [-0.1, -0.05) is 12.1 Å². The van der Waals surface area contributed by atoms with Crippen molar-refractivity contribution in [2.45, 2.75) is 32.5 Å². The molecule has 0 radical (unpaired) electrons. The second kappa shape index (κ2) is 7.02. The van der Waals surface area contributed by atoms with Crippen LogP contribution in [0.3, 0.4) is 0 Å². The number of β-amino-alcohol motifs (C(OH)–C–C–N with tert-alkyl or cyclic N) is 1. The molecule has 1 aliphatic heterocycles. The minimum absolute atomic E-state index is 0.0714. The molecule has 0 bridgehead atoms. The van der Waals surface area contributed by atoms with E-state index in [0.717, 1.165) is 12.1 Å². The van der Waals surface area contributed by atoms with Crippen LogP contribution in [0.15, 0.2) is 24.3 Å². The van der Waals surface area contributed by atoms with Gasteiger partial charge >= 0.3 is 0 Å². The summed E-state index contributed by atoms with van der Waals surface area (Å²) in [5.74, 6) is 0.0714. The fourth-order valence-electron chi connectivity index (χ4n) is 2.76. The molecule has 3 N–H and O–H groups in total. The third-order valence-electron chi connectivity index (χ3n) is 3.99. The van der Waals surface area contributed by atoms with Crippen LogP contribution in [0.4, 0.5) is 0 Å². The van der Waals surface area contributed by atoms with Crippen LogP contribution >= 0.6 is 0 Å². The van der Waals surface area contributed by atoms with E-state index in [1.807, 2.05) is 29.2 Å². The summed E-state index contributed by atoms with van der Waals surface area (Å²) in [4.78, 5) is 16.6. The number of amides is 1. The van der Waals surface area contributed by atoms with Gasteiger partial charge in [0, 0.05) is 44.3 Å². The number of carbonyl (C=O) groups is 1. The number of benzene rings is 1.